The van der Waals surface area contributed by atoms with Crippen LogP contribution in [0.5, 0.6) is 5.75 Å². The fourth-order valence-electron chi connectivity index (χ4n) is 2.17. The Balaban J connectivity index is 2.22. The summed E-state index contributed by atoms with van der Waals surface area (Å²) in [4.78, 5) is 0.0662. The number of hydrogen-bond donors (Lipinski definition) is 0. The van der Waals surface area contributed by atoms with Crippen LogP contribution in [-0.2, 0) is 11.8 Å². The summed E-state index contributed by atoms with van der Waals surface area (Å²) in [6.45, 7) is 2.41. The van der Waals surface area contributed by atoms with Crippen molar-refractivity contribution in [2.75, 3.05) is 6.61 Å². The average Bonchev–Trinajstić information content (AvgIpc) is 2.62. The Bertz CT molecular complexity index is 671. The first-order valence-electron chi connectivity index (χ1n) is 7.71. The van der Waals surface area contributed by atoms with Crippen LogP contribution < -0.4 is 4.74 Å². The number of unbranched alkanes of at least 4 members (excludes halogenated alkanes) is 1. The van der Waals surface area contributed by atoms with Gasteiger partial charge in [-0.25, -0.2) is 0 Å². The Labute approximate surface area is 147 Å². The highest BCUT2D eigenvalue weighted by Crippen LogP contribution is 2.49. The maximum absolute atomic E-state index is 14.4. The summed E-state index contributed by atoms with van der Waals surface area (Å²) < 4.78 is 75.1. The summed E-state index contributed by atoms with van der Waals surface area (Å²) in [5.74, 6) is -8.50. The molecule has 2 aromatic carbocycles. The number of hydrogen-bond acceptors (Lipinski definition) is 2. The minimum Gasteiger partial charge on any atom is -0.494 e. The molecule has 0 aliphatic carbocycles. The zero-order valence-corrected chi connectivity index (χ0v) is 14.3. The minimum absolute atomic E-state index is 0.0662. The summed E-state index contributed by atoms with van der Waals surface area (Å²) in [6, 6.07) is 8.04. The number of alkyl halides is 4. The van der Waals surface area contributed by atoms with E-state index in [0.29, 0.717) is 12.4 Å². The van der Waals surface area contributed by atoms with Gasteiger partial charge in [0.2, 0.25) is 0 Å². The molecule has 0 spiro atoms. The molecule has 0 heterocycles. The Kier molecular flexibility index (Phi) is 6.32. The fraction of sp³-hybridized carbons (Fsp3) is 0.333. The van der Waals surface area contributed by atoms with E-state index in [-0.39, 0.29) is 17.0 Å². The highest BCUT2D eigenvalue weighted by atomic mass is 32.2. The molecule has 0 aliphatic heterocycles. The number of benzene rings is 2. The van der Waals surface area contributed by atoms with E-state index in [9.17, 15) is 21.4 Å². The normalized spacial score (nSPS) is 12.2. The van der Waals surface area contributed by atoms with Crippen LogP contribution >= 0.6 is 12.1 Å². The monoisotopic (exact) mass is 376 g/mol. The quantitative estimate of drug-likeness (QED) is 0.373. The predicted molar refractivity (Wildman–Crippen MR) is 88.0 cm³/mol. The van der Waals surface area contributed by atoms with Crippen LogP contribution in [0.1, 0.15) is 30.9 Å². The van der Waals surface area contributed by atoms with Crippen LogP contribution in [0.4, 0.5) is 21.4 Å². The van der Waals surface area contributed by atoms with Crippen molar-refractivity contribution in [3.8, 4) is 5.75 Å². The van der Waals surface area contributed by atoms with Crippen LogP contribution in [0.3, 0.4) is 0 Å². The van der Waals surface area contributed by atoms with E-state index in [1.165, 1.54) is 12.1 Å². The zero-order valence-electron chi connectivity index (χ0n) is 13.4. The van der Waals surface area contributed by atoms with Gasteiger partial charge in [0.05, 0.1) is 18.8 Å². The van der Waals surface area contributed by atoms with Gasteiger partial charge in [-0.3, -0.25) is 0 Å². The van der Waals surface area contributed by atoms with Crippen molar-refractivity contribution in [2.45, 2.75) is 36.5 Å². The van der Waals surface area contributed by atoms with Gasteiger partial charge in [-0.2, -0.15) is 21.4 Å². The molecular formula is C18H17F5OS. The van der Waals surface area contributed by atoms with Gasteiger partial charge in [0.25, 0.3) is 0 Å². The number of halogens is 5. The Morgan fingerprint density at radius 3 is 1.76 bits per heavy atom. The molecule has 136 valence electrons. The average molecular weight is 376 g/mol. The maximum atomic E-state index is 14.4. The highest BCUT2D eigenvalue weighted by Gasteiger charge is 2.58. The van der Waals surface area contributed by atoms with Gasteiger partial charge in [0.1, 0.15) is 5.75 Å². The van der Waals surface area contributed by atoms with E-state index < -0.39 is 23.0 Å². The first-order chi connectivity index (χ1) is 11.8. The van der Waals surface area contributed by atoms with E-state index in [2.05, 4.69) is 0 Å². The number of rotatable bonds is 8. The number of ether oxygens (including phenoxy) is 1. The predicted octanol–water partition coefficient (Wildman–Crippen LogP) is 6.73. The molecule has 0 saturated heterocycles. The lowest BCUT2D eigenvalue weighted by Crippen LogP contribution is -2.35. The third-order valence-electron chi connectivity index (χ3n) is 3.68. The van der Waals surface area contributed by atoms with Gasteiger partial charge >= 0.3 is 11.8 Å². The SMILES string of the molecule is CCCCOc1ccc(C(F)(F)C(F)(F)c2ccc(SF)cc2)cc1. The van der Waals surface area contributed by atoms with Crippen molar-refractivity contribution >= 4 is 12.1 Å². The van der Waals surface area contributed by atoms with Crippen LogP contribution in [0.15, 0.2) is 53.4 Å². The van der Waals surface area contributed by atoms with Gasteiger partial charge in [-0.15, -0.1) is 0 Å². The summed E-state index contributed by atoms with van der Waals surface area (Å²) in [6.07, 6.45) is 1.73. The lowest BCUT2D eigenvalue weighted by atomic mass is 9.96. The van der Waals surface area contributed by atoms with Crippen molar-refractivity contribution in [1.29, 1.82) is 0 Å². The summed E-state index contributed by atoms with van der Waals surface area (Å²) in [5, 5.41) is 0. The van der Waals surface area contributed by atoms with Crippen molar-refractivity contribution in [3.05, 3.63) is 59.7 Å². The van der Waals surface area contributed by atoms with Crippen LogP contribution in [0.2, 0.25) is 0 Å². The highest BCUT2D eigenvalue weighted by molar-refractivity contribution is 7.94. The third kappa shape index (κ3) is 4.26. The molecule has 25 heavy (non-hydrogen) atoms. The van der Waals surface area contributed by atoms with Gasteiger partial charge < -0.3 is 4.74 Å². The molecule has 0 saturated carbocycles. The lowest BCUT2D eigenvalue weighted by molar-refractivity contribution is -0.223. The van der Waals surface area contributed by atoms with Gasteiger partial charge in [0, 0.05) is 16.0 Å². The summed E-state index contributed by atoms with van der Waals surface area (Å²) >= 11 is -0.145. The Morgan fingerprint density at radius 1 is 0.840 bits per heavy atom. The van der Waals surface area contributed by atoms with E-state index in [1.54, 1.807) is 0 Å². The molecule has 2 rings (SSSR count). The standard InChI is InChI=1S/C18H17F5OS/c1-2-3-12-24-15-8-4-13(5-9-15)17(19,20)18(21,22)14-6-10-16(25-23)11-7-14/h4-11H,2-3,12H2,1H3. The lowest BCUT2D eigenvalue weighted by Gasteiger charge is -2.27. The van der Waals surface area contributed by atoms with Gasteiger partial charge in [-0.05, 0) is 42.8 Å². The van der Waals surface area contributed by atoms with Crippen molar-refractivity contribution in [1.82, 2.24) is 0 Å². The molecule has 0 amide bonds. The molecule has 0 aromatic heterocycles. The van der Waals surface area contributed by atoms with Crippen LogP contribution in [-0.4, -0.2) is 6.61 Å². The first-order valence-corrected chi connectivity index (χ1v) is 8.42. The molecule has 0 radical (unpaired) electrons. The van der Waals surface area contributed by atoms with E-state index in [4.69, 9.17) is 4.74 Å². The smallest absolute Gasteiger partial charge is 0.339 e. The molecule has 0 N–H and O–H groups in total. The Morgan fingerprint density at radius 2 is 1.32 bits per heavy atom. The van der Waals surface area contributed by atoms with Gasteiger partial charge in [0.15, 0.2) is 0 Å². The van der Waals surface area contributed by atoms with Gasteiger partial charge in [-0.1, -0.05) is 25.5 Å². The molecule has 0 unspecified atom stereocenters. The van der Waals surface area contributed by atoms with Crippen LogP contribution in [0, 0.1) is 0 Å². The fourth-order valence-corrected chi connectivity index (χ4v) is 2.41. The largest absolute Gasteiger partial charge is 0.494 e. The molecule has 2 aromatic rings. The third-order valence-corrected chi connectivity index (χ3v) is 4.13. The van der Waals surface area contributed by atoms with E-state index in [1.807, 2.05) is 6.92 Å². The molecular weight excluding hydrogens is 359 g/mol. The summed E-state index contributed by atoms with van der Waals surface area (Å²) in [7, 11) is 0. The first kappa shape index (κ1) is 19.6. The molecule has 1 nitrogen and oxygen atoms in total. The molecule has 0 fully saturated rings. The van der Waals surface area contributed by atoms with E-state index >= 15 is 0 Å². The molecule has 0 aliphatic rings. The zero-order chi connectivity index (χ0) is 18.5. The molecule has 0 atom stereocenters. The van der Waals surface area contributed by atoms with Crippen molar-refractivity contribution < 1.29 is 26.2 Å². The molecule has 0 bridgehead atoms. The van der Waals surface area contributed by atoms with Crippen molar-refractivity contribution in [3.63, 3.8) is 0 Å². The minimum atomic E-state index is -4.43. The molecule has 7 heteroatoms. The maximum Gasteiger partial charge on any atom is 0.339 e. The second kappa shape index (κ2) is 8.08. The Hall–Kier alpha value is -1.76. The van der Waals surface area contributed by atoms with Crippen molar-refractivity contribution in [2.24, 2.45) is 0 Å². The van der Waals surface area contributed by atoms with E-state index in [0.717, 1.165) is 49.2 Å². The second-order valence-corrected chi connectivity index (χ2v) is 6.10. The summed E-state index contributed by atoms with van der Waals surface area (Å²) in [5.41, 5.74) is -1.69. The second-order valence-electron chi connectivity index (χ2n) is 5.48. The topological polar surface area (TPSA) is 9.23 Å². The van der Waals surface area contributed by atoms with Crippen LogP contribution in [0.25, 0.3) is 0 Å².